The number of nitro benzene ring substituents is 1. The molecule has 1 aliphatic heterocycles. The SMILES string of the molecule is O=C(NCc1ccc(OCC2CCCO2)cc1)c1ccc(Cl)cc1[N+](=O)[O-]. The number of hydrogen-bond acceptors (Lipinski definition) is 5. The number of halogens is 1. The molecule has 27 heavy (non-hydrogen) atoms. The van der Waals surface area contributed by atoms with Crippen LogP contribution in [-0.4, -0.2) is 30.1 Å². The van der Waals surface area contributed by atoms with Gasteiger partial charge in [0.1, 0.15) is 17.9 Å². The average molecular weight is 391 g/mol. The quantitative estimate of drug-likeness (QED) is 0.574. The lowest BCUT2D eigenvalue weighted by molar-refractivity contribution is -0.385. The summed E-state index contributed by atoms with van der Waals surface area (Å²) in [6.45, 7) is 1.55. The first-order valence-corrected chi connectivity index (χ1v) is 8.96. The summed E-state index contributed by atoms with van der Waals surface area (Å²) in [6.07, 6.45) is 2.23. The number of benzene rings is 2. The van der Waals surface area contributed by atoms with Crippen molar-refractivity contribution in [3.63, 3.8) is 0 Å². The van der Waals surface area contributed by atoms with Crippen molar-refractivity contribution < 1.29 is 19.2 Å². The van der Waals surface area contributed by atoms with Crippen LogP contribution in [0.2, 0.25) is 5.02 Å². The summed E-state index contributed by atoms with van der Waals surface area (Å²) in [5.41, 5.74) is 0.503. The second-order valence-electron chi connectivity index (χ2n) is 6.19. The van der Waals surface area contributed by atoms with E-state index < -0.39 is 10.8 Å². The number of nitrogens with zero attached hydrogens (tertiary/aromatic N) is 1. The van der Waals surface area contributed by atoms with Gasteiger partial charge in [0.05, 0.1) is 11.0 Å². The van der Waals surface area contributed by atoms with Gasteiger partial charge < -0.3 is 14.8 Å². The minimum atomic E-state index is -0.624. The second kappa shape index (κ2) is 8.83. The Hall–Kier alpha value is -2.64. The highest BCUT2D eigenvalue weighted by Gasteiger charge is 2.20. The van der Waals surface area contributed by atoms with E-state index in [0.29, 0.717) is 6.61 Å². The summed E-state index contributed by atoms with van der Waals surface area (Å²) in [7, 11) is 0. The number of nitro groups is 1. The lowest BCUT2D eigenvalue weighted by Crippen LogP contribution is -2.23. The Morgan fingerprint density at radius 2 is 2.07 bits per heavy atom. The van der Waals surface area contributed by atoms with Crippen LogP contribution in [0.1, 0.15) is 28.8 Å². The molecule has 142 valence electrons. The molecule has 1 aliphatic rings. The van der Waals surface area contributed by atoms with Crippen LogP contribution in [0.4, 0.5) is 5.69 Å². The molecule has 0 bridgehead atoms. The first-order valence-electron chi connectivity index (χ1n) is 8.58. The van der Waals surface area contributed by atoms with Gasteiger partial charge in [-0.3, -0.25) is 14.9 Å². The normalized spacial score (nSPS) is 16.1. The molecule has 8 heteroatoms. The summed E-state index contributed by atoms with van der Waals surface area (Å²) in [6, 6.07) is 11.3. The molecule has 3 rings (SSSR count). The molecule has 1 unspecified atom stereocenters. The Bertz CT molecular complexity index is 819. The third-order valence-corrected chi connectivity index (χ3v) is 4.47. The van der Waals surface area contributed by atoms with Crippen LogP contribution in [0.3, 0.4) is 0 Å². The van der Waals surface area contributed by atoms with Gasteiger partial charge in [0.2, 0.25) is 0 Å². The molecule has 1 N–H and O–H groups in total. The summed E-state index contributed by atoms with van der Waals surface area (Å²) in [4.78, 5) is 22.7. The first-order chi connectivity index (χ1) is 13.0. The lowest BCUT2D eigenvalue weighted by atomic mass is 10.1. The van der Waals surface area contributed by atoms with Crippen LogP contribution < -0.4 is 10.1 Å². The summed E-state index contributed by atoms with van der Waals surface area (Å²) in [5.74, 6) is 0.200. The van der Waals surface area contributed by atoms with Gasteiger partial charge in [-0.1, -0.05) is 23.7 Å². The van der Waals surface area contributed by atoms with Crippen molar-refractivity contribution in [3.05, 3.63) is 68.7 Å². The second-order valence-corrected chi connectivity index (χ2v) is 6.63. The van der Waals surface area contributed by atoms with Crippen LogP contribution >= 0.6 is 11.6 Å². The molecule has 7 nitrogen and oxygen atoms in total. The van der Waals surface area contributed by atoms with Crippen molar-refractivity contribution in [2.24, 2.45) is 0 Å². The van der Waals surface area contributed by atoms with E-state index >= 15 is 0 Å². The molecule has 0 saturated carbocycles. The number of ether oxygens (including phenoxy) is 2. The average Bonchev–Trinajstić information content (AvgIpc) is 3.18. The minimum absolute atomic E-state index is 0.0269. The maximum Gasteiger partial charge on any atom is 0.283 e. The van der Waals surface area contributed by atoms with E-state index in [2.05, 4.69) is 5.32 Å². The minimum Gasteiger partial charge on any atom is -0.491 e. The van der Waals surface area contributed by atoms with Crippen molar-refractivity contribution in [3.8, 4) is 5.75 Å². The van der Waals surface area contributed by atoms with E-state index in [0.717, 1.165) is 36.8 Å². The first kappa shape index (κ1) is 19.1. The highest BCUT2D eigenvalue weighted by Crippen LogP contribution is 2.23. The van der Waals surface area contributed by atoms with Gasteiger partial charge in [-0.15, -0.1) is 0 Å². The molecule has 2 aromatic carbocycles. The molecule has 0 radical (unpaired) electrons. The molecule has 2 aromatic rings. The Balaban J connectivity index is 1.55. The van der Waals surface area contributed by atoms with Gasteiger partial charge in [0, 0.05) is 24.2 Å². The van der Waals surface area contributed by atoms with E-state index in [1.165, 1.54) is 12.1 Å². The number of rotatable bonds is 7. The highest BCUT2D eigenvalue weighted by molar-refractivity contribution is 6.31. The Labute approximate surface area is 161 Å². The zero-order chi connectivity index (χ0) is 19.2. The summed E-state index contributed by atoms with van der Waals surface area (Å²) < 4.78 is 11.2. The number of nitrogens with one attached hydrogen (secondary N) is 1. The predicted octanol–water partition coefficient (Wildman–Crippen LogP) is 3.74. The summed E-state index contributed by atoms with van der Waals surface area (Å²) >= 11 is 5.76. The zero-order valence-electron chi connectivity index (χ0n) is 14.5. The van der Waals surface area contributed by atoms with Gasteiger partial charge in [0.25, 0.3) is 11.6 Å². The third kappa shape index (κ3) is 5.18. The van der Waals surface area contributed by atoms with E-state index in [9.17, 15) is 14.9 Å². The van der Waals surface area contributed by atoms with Gasteiger partial charge >= 0.3 is 0 Å². The Morgan fingerprint density at radius 3 is 2.74 bits per heavy atom. The molecule has 1 atom stereocenters. The van der Waals surface area contributed by atoms with Crippen LogP contribution in [0.5, 0.6) is 5.75 Å². The maximum absolute atomic E-state index is 12.3. The molecular weight excluding hydrogens is 372 g/mol. The van der Waals surface area contributed by atoms with Gasteiger partial charge in [-0.25, -0.2) is 0 Å². The molecule has 0 spiro atoms. The van der Waals surface area contributed by atoms with E-state index in [4.69, 9.17) is 21.1 Å². The van der Waals surface area contributed by atoms with Crippen molar-refractivity contribution in [1.82, 2.24) is 5.32 Å². The van der Waals surface area contributed by atoms with Crippen LogP contribution in [0.25, 0.3) is 0 Å². The van der Waals surface area contributed by atoms with Gasteiger partial charge in [-0.05, 0) is 42.7 Å². The fourth-order valence-electron chi connectivity index (χ4n) is 2.79. The van der Waals surface area contributed by atoms with Crippen LogP contribution in [-0.2, 0) is 11.3 Å². The van der Waals surface area contributed by atoms with Crippen molar-refractivity contribution in [1.29, 1.82) is 0 Å². The van der Waals surface area contributed by atoms with Crippen molar-refractivity contribution >= 4 is 23.2 Å². The Kier molecular flexibility index (Phi) is 6.26. The Morgan fingerprint density at radius 1 is 1.30 bits per heavy atom. The van der Waals surface area contributed by atoms with Gasteiger partial charge in [0.15, 0.2) is 0 Å². The smallest absolute Gasteiger partial charge is 0.283 e. The molecule has 1 amide bonds. The molecule has 0 aliphatic carbocycles. The molecule has 0 aromatic heterocycles. The molecule has 1 saturated heterocycles. The number of amides is 1. The fraction of sp³-hybridized carbons (Fsp3) is 0.316. The van der Waals surface area contributed by atoms with E-state index in [1.54, 1.807) is 0 Å². The predicted molar refractivity (Wildman–Crippen MR) is 100 cm³/mol. The number of carbonyl (C=O) groups is 1. The fourth-order valence-corrected chi connectivity index (χ4v) is 2.96. The van der Waals surface area contributed by atoms with Crippen LogP contribution in [0.15, 0.2) is 42.5 Å². The van der Waals surface area contributed by atoms with Crippen molar-refractivity contribution in [2.75, 3.05) is 13.2 Å². The summed E-state index contributed by atoms with van der Waals surface area (Å²) in [5, 5.41) is 14.0. The van der Waals surface area contributed by atoms with Crippen LogP contribution in [0, 0.1) is 10.1 Å². The lowest BCUT2D eigenvalue weighted by Gasteiger charge is -2.12. The topological polar surface area (TPSA) is 90.7 Å². The van der Waals surface area contributed by atoms with E-state index in [-0.39, 0.29) is 28.9 Å². The molecule has 1 fully saturated rings. The van der Waals surface area contributed by atoms with Crippen molar-refractivity contribution in [2.45, 2.75) is 25.5 Å². The molecular formula is C19H19ClN2O5. The monoisotopic (exact) mass is 390 g/mol. The zero-order valence-corrected chi connectivity index (χ0v) is 15.3. The maximum atomic E-state index is 12.3. The third-order valence-electron chi connectivity index (χ3n) is 4.24. The highest BCUT2D eigenvalue weighted by atomic mass is 35.5. The largest absolute Gasteiger partial charge is 0.491 e. The molecule has 1 heterocycles. The standard InChI is InChI=1S/C19H19ClN2O5/c20-14-5-8-17(18(10-14)22(24)25)19(23)21-11-13-3-6-15(7-4-13)27-12-16-2-1-9-26-16/h3-8,10,16H,1-2,9,11-12H2,(H,21,23). The van der Waals surface area contributed by atoms with E-state index in [1.807, 2.05) is 24.3 Å². The van der Waals surface area contributed by atoms with Gasteiger partial charge in [-0.2, -0.15) is 0 Å². The number of hydrogen-bond donors (Lipinski definition) is 1. The number of carbonyl (C=O) groups excluding carboxylic acids is 1.